The molecule has 6 atom stereocenters. The summed E-state index contributed by atoms with van der Waals surface area (Å²) < 4.78 is 4.76. The molecule has 0 aromatic carbocycles. The van der Waals surface area contributed by atoms with E-state index in [-0.39, 0.29) is 35.9 Å². The molecule has 2 aliphatic rings. The minimum Gasteiger partial charge on any atom is -0.469 e. The molecule has 0 saturated heterocycles. The molecule has 0 bridgehead atoms. The second-order valence-corrected chi connectivity index (χ2v) is 8.67. The number of rotatable bonds is 11. The van der Waals surface area contributed by atoms with Gasteiger partial charge in [-0.05, 0) is 38.5 Å². The van der Waals surface area contributed by atoms with Gasteiger partial charge in [-0.3, -0.25) is 9.59 Å². The average Bonchev–Trinajstić information content (AvgIpc) is 3.36. The molecule has 5 nitrogen and oxygen atoms in total. The molecule has 0 radical (unpaired) electrons. The Morgan fingerprint density at radius 3 is 2.68 bits per heavy atom. The first-order valence-electron chi connectivity index (χ1n) is 10.6. The molecule has 0 heterocycles. The summed E-state index contributed by atoms with van der Waals surface area (Å²) in [5.41, 5.74) is -0.918. The standard InChI is InChI=1S/C23H36O5/c1-4-5-8-12-23(2,27)13-11-18-17(20(24)15-21(18)25)10-7-6-9-16-14-19(16)22(26)28-3/h6-7,11,13,16-20,24,27H,4-5,8-10,12,14-15H2,1-3H3/b7-6-,13-11+/t16-,17-,18-,19-,20+,23+/m1/s1. The molecule has 2 fully saturated rings. The Morgan fingerprint density at radius 1 is 1.29 bits per heavy atom. The second kappa shape index (κ2) is 10.4. The molecule has 2 rings (SSSR count). The van der Waals surface area contributed by atoms with Crippen molar-refractivity contribution in [1.82, 2.24) is 0 Å². The fraction of sp³-hybridized carbons (Fsp3) is 0.739. The van der Waals surface area contributed by atoms with Gasteiger partial charge < -0.3 is 14.9 Å². The summed E-state index contributed by atoms with van der Waals surface area (Å²) in [5, 5.41) is 20.8. The van der Waals surface area contributed by atoms with E-state index in [4.69, 9.17) is 4.74 Å². The summed E-state index contributed by atoms with van der Waals surface area (Å²) in [6.45, 7) is 3.90. The smallest absolute Gasteiger partial charge is 0.308 e. The average molecular weight is 393 g/mol. The molecular weight excluding hydrogens is 356 g/mol. The lowest BCUT2D eigenvalue weighted by atomic mass is 9.88. The molecule has 0 amide bonds. The number of ketones is 1. The van der Waals surface area contributed by atoms with Crippen LogP contribution in [0.4, 0.5) is 0 Å². The van der Waals surface area contributed by atoms with Crippen LogP contribution in [-0.2, 0) is 14.3 Å². The zero-order valence-corrected chi connectivity index (χ0v) is 17.5. The third-order valence-corrected chi connectivity index (χ3v) is 6.13. The van der Waals surface area contributed by atoms with Gasteiger partial charge in [-0.15, -0.1) is 0 Å². The normalized spacial score (nSPS) is 32.2. The molecule has 2 N–H and O–H groups in total. The third-order valence-electron chi connectivity index (χ3n) is 6.13. The SMILES string of the molecule is CCCCC[C@](C)(O)/C=C/[C@H]1C(=O)C[C@H](O)[C@@H]1C/C=C\C[C@@H]1C[C@H]1C(=O)OC. The minimum absolute atomic E-state index is 0.0268. The summed E-state index contributed by atoms with van der Waals surface area (Å²) in [7, 11) is 1.42. The van der Waals surface area contributed by atoms with Gasteiger partial charge in [-0.25, -0.2) is 0 Å². The highest BCUT2D eigenvalue weighted by molar-refractivity contribution is 5.86. The van der Waals surface area contributed by atoms with Crippen molar-refractivity contribution >= 4 is 11.8 Å². The van der Waals surface area contributed by atoms with Crippen molar-refractivity contribution in [2.24, 2.45) is 23.7 Å². The van der Waals surface area contributed by atoms with E-state index in [9.17, 15) is 19.8 Å². The van der Waals surface area contributed by atoms with Gasteiger partial charge in [0.1, 0.15) is 5.78 Å². The Morgan fingerprint density at radius 2 is 2.00 bits per heavy atom. The number of allylic oxidation sites excluding steroid dienone is 3. The number of methoxy groups -OCH3 is 1. The topological polar surface area (TPSA) is 83.8 Å². The molecule has 2 aliphatic carbocycles. The highest BCUT2D eigenvalue weighted by Gasteiger charge is 2.43. The van der Waals surface area contributed by atoms with Crippen LogP contribution in [0.15, 0.2) is 24.3 Å². The van der Waals surface area contributed by atoms with Crippen LogP contribution in [0.3, 0.4) is 0 Å². The number of aliphatic hydroxyl groups is 2. The van der Waals surface area contributed by atoms with Crippen molar-refractivity contribution in [2.45, 2.75) is 76.9 Å². The minimum atomic E-state index is -0.918. The Balaban J connectivity index is 1.86. The van der Waals surface area contributed by atoms with Crippen molar-refractivity contribution in [1.29, 1.82) is 0 Å². The number of aliphatic hydroxyl groups excluding tert-OH is 1. The van der Waals surface area contributed by atoms with Crippen LogP contribution in [0.5, 0.6) is 0 Å². The van der Waals surface area contributed by atoms with E-state index in [1.54, 1.807) is 19.1 Å². The number of ether oxygens (including phenoxy) is 1. The number of hydrogen-bond acceptors (Lipinski definition) is 5. The maximum absolute atomic E-state index is 12.3. The lowest BCUT2D eigenvalue weighted by molar-refractivity contribution is -0.142. The molecule has 158 valence electrons. The summed E-state index contributed by atoms with van der Waals surface area (Å²) in [4.78, 5) is 23.7. The molecule has 0 aromatic rings. The van der Waals surface area contributed by atoms with E-state index < -0.39 is 11.7 Å². The largest absolute Gasteiger partial charge is 0.469 e. The molecular formula is C23H36O5. The highest BCUT2D eigenvalue weighted by atomic mass is 16.5. The van der Waals surface area contributed by atoms with Crippen molar-refractivity contribution in [3.8, 4) is 0 Å². The molecule has 0 unspecified atom stereocenters. The van der Waals surface area contributed by atoms with Crippen LogP contribution in [0, 0.1) is 23.7 Å². The second-order valence-electron chi connectivity index (χ2n) is 8.67. The van der Waals surface area contributed by atoms with Gasteiger partial charge in [0.25, 0.3) is 0 Å². The monoisotopic (exact) mass is 392 g/mol. The van der Waals surface area contributed by atoms with Crippen LogP contribution in [0.2, 0.25) is 0 Å². The summed E-state index contributed by atoms with van der Waals surface area (Å²) >= 11 is 0. The van der Waals surface area contributed by atoms with E-state index in [0.29, 0.717) is 18.8 Å². The molecule has 0 aromatic heterocycles. The zero-order valence-electron chi connectivity index (χ0n) is 17.5. The molecule has 28 heavy (non-hydrogen) atoms. The quantitative estimate of drug-likeness (QED) is 0.319. The number of carbonyl (C=O) groups is 2. The summed E-state index contributed by atoms with van der Waals surface area (Å²) in [5.74, 6) is -0.208. The Labute approximate surface area is 168 Å². The molecule has 0 aliphatic heterocycles. The predicted molar refractivity (Wildman–Crippen MR) is 109 cm³/mol. The van der Waals surface area contributed by atoms with Crippen molar-refractivity contribution in [2.75, 3.05) is 7.11 Å². The van der Waals surface area contributed by atoms with E-state index in [0.717, 1.165) is 32.1 Å². The highest BCUT2D eigenvalue weighted by Crippen LogP contribution is 2.42. The van der Waals surface area contributed by atoms with E-state index in [1.807, 2.05) is 12.2 Å². The van der Waals surface area contributed by atoms with Crippen molar-refractivity contribution < 1.29 is 24.5 Å². The molecule has 2 saturated carbocycles. The van der Waals surface area contributed by atoms with Gasteiger partial charge in [-0.2, -0.15) is 0 Å². The first-order chi connectivity index (χ1) is 13.3. The fourth-order valence-corrected chi connectivity index (χ4v) is 4.13. The third kappa shape index (κ3) is 6.56. The summed E-state index contributed by atoms with van der Waals surface area (Å²) in [6.07, 6.45) is 13.3. The summed E-state index contributed by atoms with van der Waals surface area (Å²) in [6, 6.07) is 0. The lowest BCUT2D eigenvalue weighted by Crippen LogP contribution is -2.23. The Kier molecular flexibility index (Phi) is 8.44. The fourth-order valence-electron chi connectivity index (χ4n) is 4.13. The van der Waals surface area contributed by atoms with Crippen molar-refractivity contribution in [3.63, 3.8) is 0 Å². The number of unbranched alkanes of at least 4 members (excludes halogenated alkanes) is 2. The first-order valence-corrected chi connectivity index (χ1v) is 10.6. The first kappa shape index (κ1) is 22.8. The van der Waals surface area contributed by atoms with E-state index in [2.05, 4.69) is 6.92 Å². The maximum Gasteiger partial charge on any atom is 0.308 e. The Hall–Kier alpha value is -1.46. The molecule has 0 spiro atoms. The number of esters is 1. The number of hydrogen-bond donors (Lipinski definition) is 2. The molecule has 5 heteroatoms. The van der Waals surface area contributed by atoms with Gasteiger partial charge in [-0.1, -0.05) is 50.5 Å². The Bertz CT molecular complexity index is 592. The van der Waals surface area contributed by atoms with E-state index >= 15 is 0 Å². The van der Waals surface area contributed by atoms with E-state index in [1.165, 1.54) is 7.11 Å². The van der Waals surface area contributed by atoms with Gasteiger partial charge in [0.05, 0.1) is 24.7 Å². The van der Waals surface area contributed by atoms with Gasteiger partial charge in [0.2, 0.25) is 0 Å². The van der Waals surface area contributed by atoms with Crippen LogP contribution in [0.1, 0.15) is 65.2 Å². The van der Waals surface area contributed by atoms with Gasteiger partial charge in [0.15, 0.2) is 0 Å². The predicted octanol–water partition coefficient (Wildman–Crippen LogP) is 3.59. The van der Waals surface area contributed by atoms with Gasteiger partial charge >= 0.3 is 5.97 Å². The van der Waals surface area contributed by atoms with Crippen LogP contribution in [-0.4, -0.2) is 40.8 Å². The number of Topliss-reactive ketones (excluding diaryl/α,β-unsaturated/α-hetero) is 1. The van der Waals surface area contributed by atoms with Crippen LogP contribution < -0.4 is 0 Å². The zero-order chi connectivity index (χ0) is 20.7. The lowest BCUT2D eigenvalue weighted by Gasteiger charge is -2.21. The van der Waals surface area contributed by atoms with Crippen molar-refractivity contribution in [3.05, 3.63) is 24.3 Å². The van der Waals surface area contributed by atoms with Crippen LogP contribution >= 0.6 is 0 Å². The van der Waals surface area contributed by atoms with Gasteiger partial charge in [0, 0.05) is 18.3 Å². The maximum atomic E-state index is 12.3. The number of carbonyl (C=O) groups excluding carboxylic acids is 2. The van der Waals surface area contributed by atoms with Crippen LogP contribution in [0.25, 0.3) is 0 Å².